The Morgan fingerprint density at radius 2 is 1.89 bits per heavy atom. The summed E-state index contributed by atoms with van der Waals surface area (Å²) in [5.74, 6) is 0.380. The van der Waals surface area contributed by atoms with Gasteiger partial charge in [-0.1, -0.05) is 26.2 Å². The second-order valence-corrected chi connectivity index (χ2v) is 5.04. The van der Waals surface area contributed by atoms with E-state index in [2.05, 4.69) is 45.1 Å². The van der Waals surface area contributed by atoms with Crippen LogP contribution in [0.1, 0.15) is 26.3 Å². The third kappa shape index (κ3) is 9.84. The normalized spacial score (nSPS) is 11.6. The molecule has 0 aromatic heterocycles. The quantitative estimate of drug-likeness (QED) is 0.358. The van der Waals surface area contributed by atoms with Crippen molar-refractivity contribution in [2.45, 2.75) is 27.3 Å². The Morgan fingerprint density at radius 1 is 1.28 bits per heavy atom. The van der Waals surface area contributed by atoms with Gasteiger partial charge in [0.05, 0.1) is 0 Å². The Bertz CT molecular complexity index is 283. The average Bonchev–Trinajstić information content (AvgIpc) is 2.18. The molecule has 0 N–H and O–H groups in total. The summed E-state index contributed by atoms with van der Waals surface area (Å²) >= 11 is 0. The van der Waals surface area contributed by atoms with Crippen molar-refractivity contribution in [1.29, 1.82) is 0 Å². The first-order valence-corrected chi connectivity index (χ1v) is 5.41. The van der Waals surface area contributed by atoms with Gasteiger partial charge in [-0.3, -0.25) is 0 Å². The topological polar surface area (TPSA) is 14.1 Å². The summed E-state index contributed by atoms with van der Waals surface area (Å²) in [6, 6.07) is 11.0. The first-order valence-electron chi connectivity index (χ1n) is 5.41. The van der Waals surface area contributed by atoms with Crippen molar-refractivity contribution in [2.75, 3.05) is 6.54 Å². The molecule has 18 heavy (non-hydrogen) atoms. The van der Waals surface area contributed by atoms with E-state index in [0.29, 0.717) is 5.92 Å². The minimum atomic E-state index is 0. The Kier molecular flexibility index (Phi) is 15.7. The van der Waals surface area contributed by atoms with E-state index < -0.39 is 0 Å². The molecule has 0 heterocycles. The molecule has 0 radical (unpaired) electrons. The van der Waals surface area contributed by atoms with E-state index in [9.17, 15) is 0 Å². The number of rotatable bonds is 4. The molecule has 0 fully saturated rings. The molecule has 1 nitrogen and oxygen atoms in total. The molecule has 1 unspecified atom stereocenters. The van der Waals surface area contributed by atoms with Crippen LogP contribution < -0.4 is 56.6 Å². The predicted octanol–water partition coefficient (Wildman–Crippen LogP) is -5.13. The van der Waals surface area contributed by atoms with E-state index in [1.54, 1.807) is 0 Å². The van der Waals surface area contributed by atoms with Crippen LogP contribution in [0.15, 0.2) is 24.3 Å². The maximum absolute atomic E-state index is 4.53. The minimum absolute atomic E-state index is 0. The van der Waals surface area contributed by atoms with Gasteiger partial charge in [0.25, 0.3) is 0 Å². The van der Waals surface area contributed by atoms with Crippen molar-refractivity contribution in [3.05, 3.63) is 48.1 Å². The van der Waals surface area contributed by atoms with Crippen molar-refractivity contribution in [2.24, 2.45) is 11.3 Å². The molecule has 0 spiro atoms. The van der Waals surface area contributed by atoms with Gasteiger partial charge in [-0.15, -0.1) is 0 Å². The van der Waals surface area contributed by atoms with Crippen molar-refractivity contribution in [3.8, 4) is 0 Å². The van der Waals surface area contributed by atoms with Crippen LogP contribution in [-0.4, -0.2) is 6.54 Å². The summed E-state index contributed by atoms with van der Waals surface area (Å²) in [4.78, 5) is 0. The van der Waals surface area contributed by atoms with Gasteiger partial charge in [0, 0.05) is 0 Å². The summed E-state index contributed by atoms with van der Waals surface area (Å²) in [5.41, 5.74) is 1.46. The van der Waals surface area contributed by atoms with Gasteiger partial charge in [-0.05, 0) is 0 Å². The summed E-state index contributed by atoms with van der Waals surface area (Å²) < 4.78 is 0. The van der Waals surface area contributed by atoms with Crippen LogP contribution >= 0.6 is 0 Å². The molecule has 0 aliphatic rings. The zero-order chi connectivity index (χ0) is 11.3. The summed E-state index contributed by atoms with van der Waals surface area (Å²) in [6.07, 6.45) is 0. The van der Waals surface area contributed by atoms with Gasteiger partial charge in [0.15, 0.2) is 0 Å². The van der Waals surface area contributed by atoms with Crippen LogP contribution in [-0.2, 0) is 6.54 Å². The third-order valence-electron chi connectivity index (χ3n) is 2.64. The zero-order valence-corrected chi connectivity index (χ0v) is 13.0. The van der Waals surface area contributed by atoms with E-state index >= 15 is 0 Å². The van der Waals surface area contributed by atoms with E-state index in [0.717, 1.165) is 13.1 Å². The van der Waals surface area contributed by atoms with Crippen LogP contribution in [0.3, 0.4) is 0 Å². The maximum Gasteiger partial charge on any atom is 1.00 e. The van der Waals surface area contributed by atoms with E-state index in [1.807, 2.05) is 18.2 Å². The Balaban J connectivity index is -0.000000750. The summed E-state index contributed by atoms with van der Waals surface area (Å²) in [6.45, 7) is 12.4. The molecule has 84 valence electrons. The van der Waals surface area contributed by atoms with Gasteiger partial charge in [-0.2, -0.15) is 54.9 Å². The van der Waals surface area contributed by atoms with E-state index in [-0.39, 0.29) is 62.0 Å². The zero-order valence-electron chi connectivity index (χ0n) is 13.0. The van der Waals surface area contributed by atoms with Crippen molar-refractivity contribution in [3.63, 3.8) is 0 Å². The van der Waals surface area contributed by atoms with Crippen molar-refractivity contribution in [1.82, 2.24) is 0 Å². The number of hydrogen-bond donors (Lipinski definition) is 0. The standard InChI is InChI=1S/C14H20N.3Li/c1-12(14(2,3)4)10-15-11-13-8-6-5-7-9-13;;;/h5-6,8-9,12H,1,10-11H2,2-4H3;;;/q-3;3*+1. The maximum atomic E-state index is 4.53. The Labute approximate surface area is 149 Å². The molecule has 1 aromatic carbocycles. The first kappa shape index (κ1) is 24.0. The summed E-state index contributed by atoms with van der Waals surface area (Å²) in [5, 5.41) is 4.53. The fraction of sp³-hybridized carbons (Fsp3) is 0.500. The van der Waals surface area contributed by atoms with E-state index in [4.69, 9.17) is 0 Å². The van der Waals surface area contributed by atoms with E-state index in [1.165, 1.54) is 5.56 Å². The number of hydrogen-bond acceptors (Lipinski definition) is 0. The van der Waals surface area contributed by atoms with Crippen LogP contribution in [0.2, 0.25) is 0 Å². The smallest absolute Gasteiger partial charge is 0.670 e. The van der Waals surface area contributed by atoms with Crippen LogP contribution in [0, 0.1) is 24.3 Å². The van der Waals surface area contributed by atoms with Gasteiger partial charge < -0.3 is 12.2 Å². The largest absolute Gasteiger partial charge is 1.00 e. The number of benzene rings is 1. The number of nitrogens with zero attached hydrogens (tertiary/aromatic N) is 1. The third-order valence-corrected chi connectivity index (χ3v) is 2.64. The van der Waals surface area contributed by atoms with Gasteiger partial charge in [0.2, 0.25) is 0 Å². The molecular formula is C14H20Li3N. The molecule has 4 heteroatoms. The molecule has 0 saturated carbocycles. The molecule has 0 bridgehead atoms. The van der Waals surface area contributed by atoms with Crippen LogP contribution in [0.25, 0.3) is 5.32 Å². The molecule has 0 aliphatic carbocycles. The fourth-order valence-electron chi connectivity index (χ4n) is 1.15. The average molecular weight is 223 g/mol. The molecule has 1 aromatic rings. The Hall–Kier alpha value is 0.972. The molecule has 0 saturated heterocycles. The van der Waals surface area contributed by atoms with Gasteiger partial charge in [-0.25, -0.2) is 0 Å². The van der Waals surface area contributed by atoms with Crippen LogP contribution in [0.4, 0.5) is 0 Å². The molecule has 1 rings (SSSR count). The Morgan fingerprint density at radius 3 is 2.33 bits per heavy atom. The molecule has 0 aliphatic heterocycles. The fourth-order valence-corrected chi connectivity index (χ4v) is 1.15. The SMILES string of the molecule is [CH2-]C(C[N-]Cc1c[c-]ccc1)C(C)(C)C.[Li+].[Li+].[Li+]. The van der Waals surface area contributed by atoms with Crippen molar-refractivity contribution >= 4 is 0 Å². The predicted molar refractivity (Wildman–Crippen MR) is 65.5 cm³/mol. The monoisotopic (exact) mass is 223 g/mol. The van der Waals surface area contributed by atoms with Crippen LogP contribution in [0.5, 0.6) is 0 Å². The second kappa shape index (κ2) is 11.8. The minimum Gasteiger partial charge on any atom is -0.670 e. The first-order chi connectivity index (χ1) is 7.00. The van der Waals surface area contributed by atoms with Gasteiger partial charge >= 0.3 is 56.6 Å². The molecule has 1 atom stereocenters. The summed E-state index contributed by atoms with van der Waals surface area (Å²) in [7, 11) is 0. The molecule has 0 amide bonds. The van der Waals surface area contributed by atoms with Crippen molar-refractivity contribution < 1.29 is 56.6 Å². The van der Waals surface area contributed by atoms with Gasteiger partial charge in [0.1, 0.15) is 0 Å². The molecular weight excluding hydrogens is 203 g/mol. The second-order valence-electron chi connectivity index (χ2n) is 5.04.